The number of aryl methyl sites for hydroxylation is 1. The fourth-order valence-electron chi connectivity index (χ4n) is 1.44. The molecule has 0 unspecified atom stereocenters. The minimum absolute atomic E-state index is 0.121. The second kappa shape index (κ2) is 4.31. The summed E-state index contributed by atoms with van der Waals surface area (Å²) < 4.78 is 5.16. The number of hydrogen-bond donors (Lipinski definition) is 2. The number of morpholine rings is 1. The van der Waals surface area contributed by atoms with Crippen LogP contribution in [-0.2, 0) is 4.74 Å². The van der Waals surface area contributed by atoms with Gasteiger partial charge in [-0.2, -0.15) is 5.10 Å². The number of rotatable bonds is 1. The third kappa shape index (κ3) is 2.47. The van der Waals surface area contributed by atoms with E-state index >= 15 is 0 Å². The molecule has 2 heterocycles. The lowest BCUT2D eigenvalue weighted by molar-refractivity contribution is 0.0564. The molecule has 1 aromatic rings. The summed E-state index contributed by atoms with van der Waals surface area (Å²) in [6.07, 6.45) is 0. The van der Waals surface area contributed by atoms with E-state index in [0.29, 0.717) is 32.1 Å². The van der Waals surface area contributed by atoms with Gasteiger partial charge in [-0.3, -0.25) is 10.4 Å². The van der Waals surface area contributed by atoms with Gasteiger partial charge in [0.15, 0.2) is 5.82 Å². The average molecular weight is 210 g/mol. The highest BCUT2D eigenvalue weighted by molar-refractivity contribution is 5.88. The molecule has 6 heteroatoms. The lowest BCUT2D eigenvalue weighted by atomic mass is 10.4. The SMILES string of the molecule is Cc1cc(NC(=O)N2CCOCC2)n[nH]1. The lowest BCUT2D eigenvalue weighted by Crippen LogP contribution is -2.43. The Balaban J connectivity index is 1.91. The summed E-state index contributed by atoms with van der Waals surface area (Å²) in [5.41, 5.74) is 0.923. The molecule has 0 radical (unpaired) electrons. The predicted molar refractivity (Wildman–Crippen MR) is 54.7 cm³/mol. The third-order valence-corrected chi connectivity index (χ3v) is 2.24. The standard InChI is InChI=1S/C9H14N4O2/c1-7-6-8(12-11-7)10-9(14)13-2-4-15-5-3-13/h6H,2-5H2,1H3,(H2,10,11,12,14). The molecular weight excluding hydrogens is 196 g/mol. The molecule has 1 aliphatic rings. The van der Waals surface area contributed by atoms with Crippen LogP contribution in [-0.4, -0.2) is 47.4 Å². The zero-order valence-corrected chi connectivity index (χ0v) is 8.62. The first kappa shape index (κ1) is 9.97. The van der Waals surface area contributed by atoms with Crippen LogP contribution < -0.4 is 5.32 Å². The van der Waals surface area contributed by atoms with Gasteiger partial charge in [-0.05, 0) is 6.92 Å². The van der Waals surface area contributed by atoms with Crippen molar-refractivity contribution in [3.05, 3.63) is 11.8 Å². The first-order valence-corrected chi connectivity index (χ1v) is 4.91. The van der Waals surface area contributed by atoms with Crippen LogP contribution in [0.15, 0.2) is 6.07 Å². The monoisotopic (exact) mass is 210 g/mol. The molecule has 1 saturated heterocycles. The van der Waals surface area contributed by atoms with Gasteiger partial charge < -0.3 is 9.64 Å². The Labute approximate surface area is 87.6 Å². The molecule has 0 spiro atoms. The summed E-state index contributed by atoms with van der Waals surface area (Å²) in [6, 6.07) is 1.67. The van der Waals surface area contributed by atoms with E-state index in [9.17, 15) is 4.79 Å². The number of anilines is 1. The molecule has 0 bridgehead atoms. The molecule has 0 aliphatic carbocycles. The molecule has 2 N–H and O–H groups in total. The van der Waals surface area contributed by atoms with Gasteiger partial charge in [-0.25, -0.2) is 4.79 Å². The Hall–Kier alpha value is -1.56. The van der Waals surface area contributed by atoms with Crippen molar-refractivity contribution in [1.29, 1.82) is 0 Å². The van der Waals surface area contributed by atoms with Crippen LogP contribution in [0.25, 0.3) is 0 Å². The number of ether oxygens (including phenoxy) is 1. The molecule has 0 aromatic carbocycles. The smallest absolute Gasteiger partial charge is 0.323 e. The number of hydrogen-bond acceptors (Lipinski definition) is 3. The largest absolute Gasteiger partial charge is 0.378 e. The number of aromatic amines is 1. The second-order valence-corrected chi connectivity index (χ2v) is 3.47. The van der Waals surface area contributed by atoms with Crippen LogP contribution in [0.3, 0.4) is 0 Å². The maximum absolute atomic E-state index is 11.7. The fourth-order valence-corrected chi connectivity index (χ4v) is 1.44. The first-order chi connectivity index (χ1) is 7.25. The molecule has 1 fully saturated rings. The van der Waals surface area contributed by atoms with Crippen molar-refractivity contribution < 1.29 is 9.53 Å². The van der Waals surface area contributed by atoms with Gasteiger partial charge >= 0.3 is 6.03 Å². The Morgan fingerprint density at radius 3 is 2.93 bits per heavy atom. The highest BCUT2D eigenvalue weighted by Crippen LogP contribution is 2.06. The number of urea groups is 1. The zero-order chi connectivity index (χ0) is 10.7. The normalized spacial score (nSPS) is 16.5. The van der Waals surface area contributed by atoms with Crippen molar-refractivity contribution in [2.24, 2.45) is 0 Å². The number of carbonyl (C=O) groups is 1. The van der Waals surface area contributed by atoms with Gasteiger partial charge in [0.25, 0.3) is 0 Å². The summed E-state index contributed by atoms with van der Waals surface area (Å²) in [5.74, 6) is 0.559. The van der Waals surface area contributed by atoms with Crippen LogP contribution in [0.1, 0.15) is 5.69 Å². The van der Waals surface area contributed by atoms with E-state index in [1.165, 1.54) is 0 Å². The Morgan fingerprint density at radius 1 is 1.60 bits per heavy atom. The van der Waals surface area contributed by atoms with Gasteiger partial charge in [0.2, 0.25) is 0 Å². The van der Waals surface area contributed by atoms with Crippen molar-refractivity contribution in [1.82, 2.24) is 15.1 Å². The molecule has 6 nitrogen and oxygen atoms in total. The predicted octanol–water partition coefficient (Wildman–Crippen LogP) is 0.582. The molecule has 2 rings (SSSR count). The molecular formula is C9H14N4O2. The van der Waals surface area contributed by atoms with Gasteiger partial charge in [0.1, 0.15) is 0 Å². The highest BCUT2D eigenvalue weighted by atomic mass is 16.5. The van der Waals surface area contributed by atoms with E-state index in [4.69, 9.17) is 4.74 Å². The Kier molecular flexibility index (Phi) is 2.86. The van der Waals surface area contributed by atoms with Crippen molar-refractivity contribution in [2.75, 3.05) is 31.6 Å². The maximum atomic E-state index is 11.7. The summed E-state index contributed by atoms with van der Waals surface area (Å²) in [6.45, 7) is 4.36. The fraction of sp³-hybridized carbons (Fsp3) is 0.556. The van der Waals surface area contributed by atoms with E-state index in [2.05, 4.69) is 15.5 Å². The molecule has 82 valence electrons. The Bertz CT molecular complexity index is 344. The van der Waals surface area contributed by atoms with E-state index in [1.54, 1.807) is 11.0 Å². The summed E-state index contributed by atoms with van der Waals surface area (Å²) in [7, 11) is 0. The zero-order valence-electron chi connectivity index (χ0n) is 8.62. The summed E-state index contributed by atoms with van der Waals surface area (Å²) in [4.78, 5) is 13.4. The van der Waals surface area contributed by atoms with E-state index in [-0.39, 0.29) is 6.03 Å². The Morgan fingerprint density at radius 2 is 2.33 bits per heavy atom. The number of aromatic nitrogens is 2. The molecule has 0 atom stereocenters. The van der Waals surface area contributed by atoms with Crippen LogP contribution in [0.5, 0.6) is 0 Å². The van der Waals surface area contributed by atoms with Crippen LogP contribution >= 0.6 is 0 Å². The second-order valence-electron chi connectivity index (χ2n) is 3.47. The van der Waals surface area contributed by atoms with Crippen LogP contribution in [0.4, 0.5) is 10.6 Å². The number of nitrogens with one attached hydrogen (secondary N) is 2. The minimum atomic E-state index is -0.121. The number of H-pyrrole nitrogens is 1. The third-order valence-electron chi connectivity index (χ3n) is 2.24. The maximum Gasteiger partial charge on any atom is 0.323 e. The number of carbonyl (C=O) groups excluding carboxylic acids is 1. The molecule has 0 saturated carbocycles. The van der Waals surface area contributed by atoms with Gasteiger partial charge in [0, 0.05) is 24.8 Å². The number of amides is 2. The summed E-state index contributed by atoms with van der Waals surface area (Å²) >= 11 is 0. The molecule has 2 amide bonds. The van der Waals surface area contributed by atoms with Gasteiger partial charge in [0.05, 0.1) is 13.2 Å². The molecule has 1 aliphatic heterocycles. The van der Waals surface area contributed by atoms with Crippen molar-refractivity contribution in [2.45, 2.75) is 6.92 Å². The van der Waals surface area contributed by atoms with Crippen molar-refractivity contribution in [3.63, 3.8) is 0 Å². The minimum Gasteiger partial charge on any atom is -0.378 e. The van der Waals surface area contributed by atoms with Gasteiger partial charge in [-0.1, -0.05) is 0 Å². The highest BCUT2D eigenvalue weighted by Gasteiger charge is 2.17. The van der Waals surface area contributed by atoms with E-state index < -0.39 is 0 Å². The average Bonchev–Trinajstić information content (AvgIpc) is 2.65. The van der Waals surface area contributed by atoms with Crippen LogP contribution in [0, 0.1) is 6.92 Å². The lowest BCUT2D eigenvalue weighted by Gasteiger charge is -2.26. The first-order valence-electron chi connectivity index (χ1n) is 4.91. The van der Waals surface area contributed by atoms with Gasteiger partial charge in [-0.15, -0.1) is 0 Å². The van der Waals surface area contributed by atoms with Crippen molar-refractivity contribution >= 4 is 11.8 Å². The molecule has 15 heavy (non-hydrogen) atoms. The van der Waals surface area contributed by atoms with E-state index in [1.807, 2.05) is 6.92 Å². The number of nitrogens with zero attached hydrogens (tertiary/aromatic N) is 2. The van der Waals surface area contributed by atoms with E-state index in [0.717, 1.165) is 5.69 Å². The topological polar surface area (TPSA) is 70.2 Å². The summed E-state index contributed by atoms with van der Waals surface area (Å²) in [5, 5.41) is 9.43. The quantitative estimate of drug-likeness (QED) is 0.712. The molecule has 1 aromatic heterocycles. The van der Waals surface area contributed by atoms with Crippen molar-refractivity contribution in [3.8, 4) is 0 Å². The van der Waals surface area contributed by atoms with Crippen LogP contribution in [0.2, 0.25) is 0 Å².